The SMILES string of the molecule is C=CCN1C(=O)C(c2ccc(F)cc2)=C(N2CCCc3ccccc32)C1=O. The average molecular weight is 362 g/mol. The number of carbonyl (C=O) groups is 2. The fraction of sp³-hybridized carbons (Fsp3) is 0.182. The summed E-state index contributed by atoms with van der Waals surface area (Å²) in [5.41, 5.74) is 3.32. The topological polar surface area (TPSA) is 40.6 Å². The number of amides is 2. The number of para-hydroxylation sites is 1. The van der Waals surface area contributed by atoms with Gasteiger partial charge in [-0.1, -0.05) is 36.4 Å². The van der Waals surface area contributed by atoms with Crippen LogP contribution < -0.4 is 4.90 Å². The van der Waals surface area contributed by atoms with E-state index in [0.717, 1.165) is 24.1 Å². The molecule has 0 aromatic heterocycles. The van der Waals surface area contributed by atoms with Crippen LogP contribution >= 0.6 is 0 Å². The van der Waals surface area contributed by atoms with E-state index in [2.05, 4.69) is 6.58 Å². The molecule has 0 saturated carbocycles. The van der Waals surface area contributed by atoms with E-state index >= 15 is 0 Å². The molecule has 5 heteroatoms. The Bertz CT molecular complexity index is 963. The molecule has 4 nitrogen and oxygen atoms in total. The van der Waals surface area contributed by atoms with Gasteiger partial charge in [0.05, 0.1) is 5.57 Å². The number of benzene rings is 2. The van der Waals surface area contributed by atoms with Gasteiger partial charge in [0.2, 0.25) is 0 Å². The van der Waals surface area contributed by atoms with E-state index in [9.17, 15) is 14.0 Å². The molecule has 4 rings (SSSR count). The van der Waals surface area contributed by atoms with E-state index in [1.807, 2.05) is 29.2 Å². The Morgan fingerprint density at radius 2 is 1.78 bits per heavy atom. The zero-order chi connectivity index (χ0) is 19.0. The van der Waals surface area contributed by atoms with Crippen LogP contribution in [0.2, 0.25) is 0 Å². The van der Waals surface area contributed by atoms with Gasteiger partial charge in [-0.2, -0.15) is 0 Å². The van der Waals surface area contributed by atoms with Gasteiger partial charge in [-0.3, -0.25) is 14.5 Å². The third-order valence-corrected chi connectivity index (χ3v) is 4.97. The second kappa shape index (κ2) is 6.83. The van der Waals surface area contributed by atoms with Crippen LogP contribution in [0.25, 0.3) is 5.57 Å². The van der Waals surface area contributed by atoms with Crippen molar-refractivity contribution in [3.8, 4) is 0 Å². The minimum absolute atomic E-state index is 0.140. The number of hydrogen-bond acceptors (Lipinski definition) is 3. The molecular formula is C22H19FN2O2. The van der Waals surface area contributed by atoms with Crippen LogP contribution in [0.15, 0.2) is 66.9 Å². The summed E-state index contributed by atoms with van der Waals surface area (Å²) in [7, 11) is 0. The lowest BCUT2D eigenvalue weighted by Crippen LogP contribution is -2.37. The van der Waals surface area contributed by atoms with E-state index in [1.54, 1.807) is 12.1 Å². The number of aryl methyl sites for hydroxylation is 1. The number of halogens is 1. The molecule has 2 heterocycles. The molecule has 0 saturated heterocycles. The van der Waals surface area contributed by atoms with Crippen molar-refractivity contribution < 1.29 is 14.0 Å². The van der Waals surface area contributed by atoms with Crippen molar-refractivity contribution in [3.63, 3.8) is 0 Å². The standard InChI is InChI=1S/C22H19FN2O2/c1-2-13-25-21(26)19(16-9-11-17(23)12-10-16)20(22(25)27)24-14-5-7-15-6-3-4-8-18(15)24/h2-4,6,8-12H,1,5,7,13-14H2. The van der Waals surface area contributed by atoms with Gasteiger partial charge in [0.15, 0.2) is 0 Å². The Hall–Kier alpha value is -3.21. The molecule has 0 aliphatic carbocycles. The fourth-order valence-corrected chi connectivity index (χ4v) is 3.75. The van der Waals surface area contributed by atoms with Crippen molar-refractivity contribution in [2.24, 2.45) is 0 Å². The molecule has 0 atom stereocenters. The van der Waals surface area contributed by atoms with Gasteiger partial charge in [0.1, 0.15) is 11.5 Å². The summed E-state index contributed by atoms with van der Waals surface area (Å²) in [6.07, 6.45) is 3.36. The summed E-state index contributed by atoms with van der Waals surface area (Å²) in [6.45, 7) is 4.44. The van der Waals surface area contributed by atoms with Gasteiger partial charge in [-0.15, -0.1) is 6.58 Å². The maximum absolute atomic E-state index is 13.4. The Kier molecular flexibility index (Phi) is 4.36. The highest BCUT2D eigenvalue weighted by molar-refractivity contribution is 6.36. The zero-order valence-electron chi connectivity index (χ0n) is 14.8. The summed E-state index contributed by atoms with van der Waals surface area (Å²) in [5.74, 6) is -1.09. The summed E-state index contributed by atoms with van der Waals surface area (Å²) in [6, 6.07) is 13.6. The summed E-state index contributed by atoms with van der Waals surface area (Å²) >= 11 is 0. The molecule has 136 valence electrons. The normalized spacial score (nSPS) is 16.8. The predicted octanol–water partition coefficient (Wildman–Crippen LogP) is 3.54. The van der Waals surface area contributed by atoms with Crippen LogP contribution in [0.3, 0.4) is 0 Å². The van der Waals surface area contributed by atoms with E-state index < -0.39 is 0 Å². The molecule has 2 aromatic carbocycles. The van der Waals surface area contributed by atoms with Crippen molar-refractivity contribution >= 4 is 23.1 Å². The lowest BCUT2D eigenvalue weighted by Gasteiger charge is -2.32. The Balaban J connectivity index is 1.90. The first-order chi connectivity index (χ1) is 13.1. The van der Waals surface area contributed by atoms with E-state index in [4.69, 9.17) is 0 Å². The van der Waals surface area contributed by atoms with Crippen molar-refractivity contribution in [3.05, 3.63) is 83.8 Å². The molecule has 2 aliphatic heterocycles. The number of nitrogens with zero attached hydrogens (tertiary/aromatic N) is 2. The van der Waals surface area contributed by atoms with Gasteiger partial charge < -0.3 is 4.90 Å². The van der Waals surface area contributed by atoms with Gasteiger partial charge in [-0.25, -0.2) is 4.39 Å². The quantitative estimate of drug-likeness (QED) is 0.617. The first-order valence-electron chi connectivity index (χ1n) is 8.94. The zero-order valence-corrected chi connectivity index (χ0v) is 14.8. The number of hydrogen-bond donors (Lipinski definition) is 0. The second-order valence-electron chi connectivity index (χ2n) is 6.62. The Morgan fingerprint density at radius 1 is 1.04 bits per heavy atom. The number of carbonyl (C=O) groups excluding carboxylic acids is 2. The third kappa shape index (κ3) is 2.85. The van der Waals surface area contributed by atoms with Crippen LogP contribution in [0.1, 0.15) is 17.5 Å². The highest BCUT2D eigenvalue weighted by Crippen LogP contribution is 2.37. The molecule has 0 radical (unpaired) electrons. The molecule has 0 spiro atoms. The van der Waals surface area contributed by atoms with Gasteiger partial charge in [0.25, 0.3) is 11.8 Å². The molecule has 0 unspecified atom stereocenters. The Morgan fingerprint density at radius 3 is 2.52 bits per heavy atom. The van der Waals surface area contributed by atoms with Crippen LogP contribution in [-0.2, 0) is 16.0 Å². The first kappa shape index (κ1) is 17.2. The number of imide groups is 1. The van der Waals surface area contributed by atoms with Crippen LogP contribution in [-0.4, -0.2) is 29.8 Å². The predicted molar refractivity (Wildman–Crippen MR) is 102 cm³/mol. The van der Waals surface area contributed by atoms with Gasteiger partial charge in [-0.05, 0) is 42.2 Å². The van der Waals surface area contributed by atoms with Crippen LogP contribution in [0.4, 0.5) is 10.1 Å². The molecular weight excluding hydrogens is 343 g/mol. The molecule has 2 aromatic rings. The van der Waals surface area contributed by atoms with Gasteiger partial charge in [0, 0.05) is 18.8 Å². The highest BCUT2D eigenvalue weighted by atomic mass is 19.1. The molecule has 27 heavy (non-hydrogen) atoms. The highest BCUT2D eigenvalue weighted by Gasteiger charge is 2.42. The number of anilines is 1. The maximum atomic E-state index is 13.4. The largest absolute Gasteiger partial charge is 0.336 e. The third-order valence-electron chi connectivity index (χ3n) is 4.97. The lowest BCUT2D eigenvalue weighted by atomic mass is 9.98. The van der Waals surface area contributed by atoms with Gasteiger partial charge >= 0.3 is 0 Å². The minimum Gasteiger partial charge on any atom is -0.336 e. The van der Waals surface area contributed by atoms with Crippen molar-refractivity contribution in [1.82, 2.24) is 4.90 Å². The number of rotatable bonds is 4. The first-order valence-corrected chi connectivity index (χ1v) is 8.94. The monoisotopic (exact) mass is 362 g/mol. The minimum atomic E-state index is -0.385. The summed E-state index contributed by atoms with van der Waals surface area (Å²) in [5, 5.41) is 0. The molecule has 2 amide bonds. The van der Waals surface area contributed by atoms with Crippen LogP contribution in [0, 0.1) is 5.82 Å². The lowest BCUT2D eigenvalue weighted by molar-refractivity contribution is -0.136. The van der Waals surface area contributed by atoms with Crippen molar-refractivity contribution in [1.29, 1.82) is 0 Å². The van der Waals surface area contributed by atoms with E-state index in [0.29, 0.717) is 23.4 Å². The maximum Gasteiger partial charge on any atom is 0.278 e. The van der Waals surface area contributed by atoms with Crippen molar-refractivity contribution in [2.75, 3.05) is 18.0 Å². The fourth-order valence-electron chi connectivity index (χ4n) is 3.75. The van der Waals surface area contributed by atoms with Crippen molar-refractivity contribution in [2.45, 2.75) is 12.8 Å². The smallest absolute Gasteiger partial charge is 0.278 e. The summed E-state index contributed by atoms with van der Waals surface area (Å²) < 4.78 is 13.4. The molecule has 0 bridgehead atoms. The second-order valence-corrected chi connectivity index (χ2v) is 6.62. The average Bonchev–Trinajstić information content (AvgIpc) is 2.93. The van der Waals surface area contributed by atoms with Crippen LogP contribution in [0.5, 0.6) is 0 Å². The van der Waals surface area contributed by atoms with E-state index in [-0.39, 0.29) is 24.2 Å². The Labute approximate surface area is 157 Å². The number of fused-ring (bicyclic) bond motifs is 1. The van der Waals surface area contributed by atoms with E-state index in [1.165, 1.54) is 23.1 Å². The molecule has 0 fully saturated rings. The summed E-state index contributed by atoms with van der Waals surface area (Å²) in [4.78, 5) is 29.3. The molecule has 2 aliphatic rings. The molecule has 0 N–H and O–H groups in total.